The Bertz CT molecular complexity index is 405. The molecule has 1 aromatic rings. The maximum Gasteiger partial charge on any atom is 0.224 e. The number of thiophene rings is 1. The lowest BCUT2D eigenvalue weighted by Gasteiger charge is -2.26. The number of hydrogen-bond acceptors (Lipinski definition) is 3. The van der Waals surface area contributed by atoms with Gasteiger partial charge in [-0.05, 0) is 43.2 Å². The molecule has 0 saturated heterocycles. The first-order valence-electron chi connectivity index (χ1n) is 6.22. The molecule has 1 amide bonds. The van der Waals surface area contributed by atoms with Crippen LogP contribution in [-0.2, 0) is 11.2 Å². The van der Waals surface area contributed by atoms with Crippen LogP contribution in [-0.4, -0.2) is 11.9 Å². The number of halogens is 1. The van der Waals surface area contributed by atoms with Gasteiger partial charge in [0, 0.05) is 16.8 Å². The summed E-state index contributed by atoms with van der Waals surface area (Å²) in [5.41, 5.74) is 7.07. The maximum absolute atomic E-state index is 12.0. The van der Waals surface area contributed by atoms with Gasteiger partial charge in [0.2, 0.25) is 5.91 Å². The van der Waals surface area contributed by atoms with Gasteiger partial charge in [-0.3, -0.25) is 4.79 Å². The van der Waals surface area contributed by atoms with Crippen molar-refractivity contribution in [2.45, 2.75) is 45.2 Å². The van der Waals surface area contributed by atoms with E-state index in [9.17, 15) is 4.79 Å². The number of amides is 1. The predicted molar refractivity (Wildman–Crippen MR) is 78.2 cm³/mol. The Balaban J connectivity index is 0.00000162. The molecule has 3 nitrogen and oxygen atoms in total. The van der Waals surface area contributed by atoms with Gasteiger partial charge in [0.05, 0.1) is 6.04 Å². The van der Waals surface area contributed by atoms with Crippen molar-refractivity contribution < 1.29 is 4.79 Å². The Morgan fingerprint density at radius 3 is 2.94 bits per heavy atom. The molecular formula is C13H21ClN2OS. The summed E-state index contributed by atoms with van der Waals surface area (Å²) < 4.78 is 0. The summed E-state index contributed by atoms with van der Waals surface area (Å²) in [6, 6.07) is 2.24. The van der Waals surface area contributed by atoms with Gasteiger partial charge in [0.15, 0.2) is 0 Å². The van der Waals surface area contributed by atoms with Crippen LogP contribution in [0.4, 0.5) is 0 Å². The van der Waals surface area contributed by atoms with Gasteiger partial charge in [0.1, 0.15) is 0 Å². The zero-order valence-electron chi connectivity index (χ0n) is 10.8. The molecule has 1 heterocycles. The van der Waals surface area contributed by atoms with Crippen LogP contribution < -0.4 is 11.1 Å². The largest absolute Gasteiger partial charge is 0.349 e. The highest BCUT2D eigenvalue weighted by Crippen LogP contribution is 2.33. The van der Waals surface area contributed by atoms with E-state index in [1.165, 1.54) is 10.4 Å². The van der Waals surface area contributed by atoms with Crippen molar-refractivity contribution in [3.63, 3.8) is 0 Å². The monoisotopic (exact) mass is 288 g/mol. The molecule has 2 rings (SSSR count). The Morgan fingerprint density at radius 2 is 2.28 bits per heavy atom. The number of rotatable bonds is 3. The molecule has 0 fully saturated rings. The molecule has 3 atom stereocenters. The molecule has 1 aromatic heterocycles. The Kier molecular flexibility index (Phi) is 5.63. The third-order valence-electron chi connectivity index (χ3n) is 3.57. The number of carbonyl (C=O) groups is 1. The topological polar surface area (TPSA) is 55.1 Å². The Labute approximate surface area is 119 Å². The van der Waals surface area contributed by atoms with Crippen LogP contribution in [0.2, 0.25) is 0 Å². The lowest BCUT2D eigenvalue weighted by molar-refractivity contribution is -0.125. The average molecular weight is 289 g/mol. The van der Waals surface area contributed by atoms with Crippen LogP contribution in [0.5, 0.6) is 0 Å². The van der Waals surface area contributed by atoms with Crippen molar-refractivity contribution in [1.82, 2.24) is 5.32 Å². The number of nitrogens with two attached hydrogens (primary N) is 1. The summed E-state index contributed by atoms with van der Waals surface area (Å²) in [4.78, 5) is 13.4. The van der Waals surface area contributed by atoms with Crippen molar-refractivity contribution >= 4 is 29.7 Å². The zero-order valence-corrected chi connectivity index (χ0v) is 12.4. The standard InChI is InChI=1S/C13H20N2OS.ClH/c1-8(9(2)14)13(16)15-11-4-3-5-12-10(11)6-7-17-12;/h6-9,11H,3-5,14H2,1-2H3,(H,15,16);1H. The van der Waals surface area contributed by atoms with Crippen LogP contribution in [0, 0.1) is 5.92 Å². The number of aryl methyl sites for hydroxylation is 1. The van der Waals surface area contributed by atoms with E-state index in [4.69, 9.17) is 5.73 Å². The summed E-state index contributed by atoms with van der Waals surface area (Å²) in [7, 11) is 0. The molecule has 5 heteroatoms. The molecule has 0 aliphatic heterocycles. The molecule has 102 valence electrons. The molecule has 1 aliphatic carbocycles. The van der Waals surface area contributed by atoms with E-state index >= 15 is 0 Å². The molecule has 0 aromatic carbocycles. The van der Waals surface area contributed by atoms with E-state index in [1.807, 2.05) is 13.8 Å². The first-order chi connectivity index (χ1) is 8.09. The van der Waals surface area contributed by atoms with E-state index in [0.29, 0.717) is 0 Å². The first kappa shape index (κ1) is 15.5. The van der Waals surface area contributed by atoms with Crippen molar-refractivity contribution in [3.8, 4) is 0 Å². The van der Waals surface area contributed by atoms with E-state index in [-0.39, 0.29) is 36.3 Å². The van der Waals surface area contributed by atoms with Gasteiger partial charge in [-0.25, -0.2) is 0 Å². The molecule has 0 saturated carbocycles. The third-order valence-corrected chi connectivity index (χ3v) is 4.57. The van der Waals surface area contributed by atoms with Crippen LogP contribution in [0.3, 0.4) is 0 Å². The summed E-state index contributed by atoms with van der Waals surface area (Å²) in [5.74, 6) is -0.0527. The van der Waals surface area contributed by atoms with Gasteiger partial charge in [-0.2, -0.15) is 0 Å². The fourth-order valence-corrected chi connectivity index (χ4v) is 3.17. The van der Waals surface area contributed by atoms with Crippen molar-refractivity contribution in [2.75, 3.05) is 0 Å². The smallest absolute Gasteiger partial charge is 0.224 e. The maximum atomic E-state index is 12.0. The molecule has 0 bridgehead atoms. The highest BCUT2D eigenvalue weighted by Gasteiger charge is 2.25. The molecule has 3 unspecified atom stereocenters. The summed E-state index contributed by atoms with van der Waals surface area (Å²) in [5, 5.41) is 5.25. The molecule has 18 heavy (non-hydrogen) atoms. The second-order valence-corrected chi connectivity index (χ2v) is 5.90. The normalized spacial score (nSPS) is 21.4. The summed E-state index contributed by atoms with van der Waals surface area (Å²) in [6.45, 7) is 3.76. The highest BCUT2D eigenvalue weighted by atomic mass is 35.5. The van der Waals surface area contributed by atoms with Gasteiger partial charge in [-0.15, -0.1) is 23.7 Å². The Hall–Kier alpha value is -0.580. The van der Waals surface area contributed by atoms with Crippen LogP contribution >= 0.6 is 23.7 Å². The number of carbonyl (C=O) groups excluding carboxylic acids is 1. The first-order valence-corrected chi connectivity index (χ1v) is 7.09. The lowest BCUT2D eigenvalue weighted by atomic mass is 9.93. The van der Waals surface area contributed by atoms with E-state index < -0.39 is 0 Å². The number of hydrogen-bond donors (Lipinski definition) is 2. The summed E-state index contributed by atoms with van der Waals surface area (Å²) in [6.07, 6.45) is 3.36. The zero-order chi connectivity index (χ0) is 12.4. The predicted octanol–water partition coefficient (Wildman–Crippen LogP) is 2.65. The fraction of sp³-hybridized carbons (Fsp3) is 0.615. The molecule has 3 N–H and O–H groups in total. The van der Waals surface area contributed by atoms with E-state index in [0.717, 1.165) is 19.3 Å². The van der Waals surface area contributed by atoms with Gasteiger partial charge >= 0.3 is 0 Å². The van der Waals surface area contributed by atoms with Crippen LogP contribution in [0.1, 0.15) is 43.2 Å². The second kappa shape index (κ2) is 6.55. The van der Waals surface area contributed by atoms with Crippen molar-refractivity contribution in [3.05, 3.63) is 21.9 Å². The molecular weight excluding hydrogens is 268 g/mol. The quantitative estimate of drug-likeness (QED) is 0.898. The van der Waals surface area contributed by atoms with Crippen molar-refractivity contribution in [2.24, 2.45) is 11.7 Å². The highest BCUT2D eigenvalue weighted by molar-refractivity contribution is 7.10. The van der Waals surface area contributed by atoms with Gasteiger partial charge in [-0.1, -0.05) is 6.92 Å². The second-order valence-electron chi connectivity index (χ2n) is 4.90. The fourth-order valence-electron chi connectivity index (χ4n) is 2.18. The molecule has 1 aliphatic rings. The summed E-state index contributed by atoms with van der Waals surface area (Å²) >= 11 is 1.79. The van der Waals surface area contributed by atoms with Crippen LogP contribution in [0.15, 0.2) is 11.4 Å². The van der Waals surface area contributed by atoms with Gasteiger partial charge < -0.3 is 11.1 Å². The lowest BCUT2D eigenvalue weighted by Crippen LogP contribution is -2.40. The van der Waals surface area contributed by atoms with Crippen molar-refractivity contribution in [1.29, 1.82) is 0 Å². The van der Waals surface area contributed by atoms with E-state index in [1.54, 1.807) is 11.3 Å². The number of nitrogens with one attached hydrogen (secondary N) is 1. The third kappa shape index (κ3) is 3.25. The Morgan fingerprint density at radius 1 is 1.56 bits per heavy atom. The SMILES string of the molecule is CC(N)C(C)C(=O)NC1CCCc2sccc21.Cl. The minimum atomic E-state index is -0.126. The molecule has 0 spiro atoms. The minimum absolute atomic E-state index is 0. The van der Waals surface area contributed by atoms with Crippen LogP contribution in [0.25, 0.3) is 0 Å². The molecule has 0 radical (unpaired) electrons. The van der Waals surface area contributed by atoms with Gasteiger partial charge in [0.25, 0.3) is 0 Å². The average Bonchev–Trinajstić information content (AvgIpc) is 2.76. The minimum Gasteiger partial charge on any atom is -0.349 e. The number of fused-ring (bicyclic) bond motifs is 1. The van der Waals surface area contributed by atoms with E-state index in [2.05, 4.69) is 16.8 Å².